The molecule has 1 saturated heterocycles. The van der Waals surface area contributed by atoms with E-state index in [1.807, 2.05) is 24.0 Å². The lowest BCUT2D eigenvalue weighted by molar-refractivity contribution is -0.131. The lowest BCUT2D eigenvalue weighted by atomic mass is 10.1. The number of nitrogens with zero attached hydrogens (tertiary/aromatic N) is 2. The predicted octanol–water partition coefficient (Wildman–Crippen LogP) is 0.882. The maximum Gasteiger partial charge on any atom is 0.228 e. The number of likely N-dealkylation sites (tertiary alicyclic amines) is 1. The van der Waals surface area contributed by atoms with E-state index in [2.05, 4.69) is 4.98 Å². The molecule has 0 radical (unpaired) electrons. The number of carbonyl (C=O) groups is 1. The van der Waals surface area contributed by atoms with Crippen molar-refractivity contribution in [2.75, 3.05) is 13.1 Å². The Hall–Kier alpha value is -1.42. The molecule has 4 nitrogen and oxygen atoms in total. The van der Waals surface area contributed by atoms with Gasteiger partial charge in [-0.25, -0.2) is 0 Å². The molecule has 4 heteroatoms. The van der Waals surface area contributed by atoms with Crippen LogP contribution in [0.1, 0.15) is 24.1 Å². The fraction of sp³-hybridized carbons (Fsp3) is 0.538. The number of nitrogens with two attached hydrogens (primary N) is 1. The molecule has 0 aliphatic carbocycles. The number of aromatic nitrogens is 1. The summed E-state index contributed by atoms with van der Waals surface area (Å²) in [6.07, 6.45) is 4.15. The minimum absolute atomic E-state index is 0.137. The van der Waals surface area contributed by atoms with Gasteiger partial charge < -0.3 is 10.6 Å². The third-order valence-corrected chi connectivity index (χ3v) is 3.25. The molecule has 0 spiro atoms. The van der Waals surface area contributed by atoms with Crippen LogP contribution in [0.25, 0.3) is 0 Å². The summed E-state index contributed by atoms with van der Waals surface area (Å²) < 4.78 is 0. The minimum Gasteiger partial charge on any atom is -0.341 e. The number of hydrogen-bond acceptors (Lipinski definition) is 3. The Kier molecular flexibility index (Phi) is 3.74. The van der Waals surface area contributed by atoms with E-state index in [0.29, 0.717) is 13.0 Å². The van der Waals surface area contributed by atoms with Gasteiger partial charge in [0.1, 0.15) is 0 Å². The van der Waals surface area contributed by atoms with E-state index in [1.54, 1.807) is 6.20 Å². The van der Waals surface area contributed by atoms with Gasteiger partial charge in [0.15, 0.2) is 0 Å². The van der Waals surface area contributed by atoms with Gasteiger partial charge in [0.25, 0.3) is 0 Å². The van der Waals surface area contributed by atoms with Crippen molar-refractivity contribution in [3.8, 4) is 0 Å². The van der Waals surface area contributed by atoms with Crippen LogP contribution in [0, 0.1) is 6.92 Å². The molecular weight excluding hydrogens is 214 g/mol. The van der Waals surface area contributed by atoms with E-state index >= 15 is 0 Å². The highest BCUT2D eigenvalue weighted by Gasteiger charge is 2.21. The highest BCUT2D eigenvalue weighted by atomic mass is 16.2. The van der Waals surface area contributed by atoms with Crippen LogP contribution in [0.5, 0.6) is 0 Å². The third-order valence-electron chi connectivity index (χ3n) is 3.25. The molecule has 1 aliphatic rings. The van der Waals surface area contributed by atoms with Crippen molar-refractivity contribution in [1.82, 2.24) is 9.88 Å². The lowest BCUT2D eigenvalue weighted by Gasteiger charge is -2.30. The number of pyridine rings is 1. The fourth-order valence-corrected chi connectivity index (χ4v) is 2.20. The van der Waals surface area contributed by atoms with Crippen molar-refractivity contribution < 1.29 is 4.79 Å². The first-order valence-corrected chi connectivity index (χ1v) is 6.10. The standard InChI is InChI=1S/C13H19N3O/c1-10-4-2-6-15-12(10)8-13(17)16-7-3-5-11(14)9-16/h2,4,6,11H,3,5,7-9,14H2,1H3. The molecule has 1 amide bonds. The number of amides is 1. The van der Waals surface area contributed by atoms with Crippen LogP contribution < -0.4 is 5.73 Å². The molecule has 0 aromatic carbocycles. The van der Waals surface area contributed by atoms with Crippen LogP contribution in [0.3, 0.4) is 0 Å². The maximum atomic E-state index is 12.1. The number of aryl methyl sites for hydroxylation is 1. The Balaban J connectivity index is 1.99. The van der Waals surface area contributed by atoms with Gasteiger partial charge in [0, 0.05) is 25.3 Å². The summed E-state index contributed by atoms with van der Waals surface area (Å²) in [5.41, 5.74) is 7.82. The van der Waals surface area contributed by atoms with Gasteiger partial charge in [0.05, 0.1) is 12.1 Å². The molecule has 0 bridgehead atoms. The Morgan fingerprint density at radius 3 is 3.18 bits per heavy atom. The second-order valence-corrected chi connectivity index (χ2v) is 4.69. The smallest absolute Gasteiger partial charge is 0.228 e. The van der Waals surface area contributed by atoms with Gasteiger partial charge in [-0.1, -0.05) is 6.07 Å². The molecule has 92 valence electrons. The topological polar surface area (TPSA) is 59.2 Å². The summed E-state index contributed by atoms with van der Waals surface area (Å²) in [7, 11) is 0. The highest BCUT2D eigenvalue weighted by molar-refractivity contribution is 5.78. The quantitative estimate of drug-likeness (QED) is 0.825. The molecule has 1 aromatic heterocycles. The van der Waals surface area contributed by atoms with Crippen molar-refractivity contribution in [3.63, 3.8) is 0 Å². The van der Waals surface area contributed by atoms with Crippen LogP contribution in [-0.4, -0.2) is 34.9 Å². The van der Waals surface area contributed by atoms with Crippen molar-refractivity contribution in [2.24, 2.45) is 5.73 Å². The second kappa shape index (κ2) is 5.27. The Bertz CT molecular complexity index is 405. The normalized spacial score (nSPS) is 20.4. The average Bonchev–Trinajstić information content (AvgIpc) is 2.32. The van der Waals surface area contributed by atoms with Gasteiger partial charge in [-0.05, 0) is 31.4 Å². The largest absolute Gasteiger partial charge is 0.341 e. The van der Waals surface area contributed by atoms with E-state index in [4.69, 9.17) is 5.73 Å². The van der Waals surface area contributed by atoms with Crippen molar-refractivity contribution in [2.45, 2.75) is 32.2 Å². The van der Waals surface area contributed by atoms with Crippen LogP contribution in [0.2, 0.25) is 0 Å². The average molecular weight is 233 g/mol. The molecule has 1 unspecified atom stereocenters. The van der Waals surface area contributed by atoms with Crippen molar-refractivity contribution in [1.29, 1.82) is 0 Å². The van der Waals surface area contributed by atoms with Crippen LogP contribution in [-0.2, 0) is 11.2 Å². The Morgan fingerprint density at radius 1 is 1.65 bits per heavy atom. The third kappa shape index (κ3) is 3.03. The highest BCUT2D eigenvalue weighted by Crippen LogP contribution is 2.11. The monoisotopic (exact) mass is 233 g/mol. The van der Waals surface area contributed by atoms with Gasteiger partial charge in [-0.2, -0.15) is 0 Å². The van der Waals surface area contributed by atoms with E-state index in [1.165, 1.54) is 0 Å². The van der Waals surface area contributed by atoms with E-state index < -0.39 is 0 Å². The summed E-state index contributed by atoms with van der Waals surface area (Å²) >= 11 is 0. The van der Waals surface area contributed by atoms with Crippen molar-refractivity contribution in [3.05, 3.63) is 29.6 Å². The first-order valence-electron chi connectivity index (χ1n) is 6.10. The molecule has 2 rings (SSSR count). The first-order chi connectivity index (χ1) is 8.16. The van der Waals surface area contributed by atoms with Gasteiger partial charge in [-0.3, -0.25) is 9.78 Å². The second-order valence-electron chi connectivity index (χ2n) is 4.69. The molecule has 2 heterocycles. The first kappa shape index (κ1) is 12.0. The lowest BCUT2D eigenvalue weighted by Crippen LogP contribution is -2.46. The van der Waals surface area contributed by atoms with E-state index in [-0.39, 0.29) is 11.9 Å². The summed E-state index contributed by atoms with van der Waals surface area (Å²) in [5.74, 6) is 0.141. The number of piperidine rings is 1. The summed E-state index contributed by atoms with van der Waals surface area (Å²) in [6, 6.07) is 4.01. The molecule has 0 saturated carbocycles. The number of hydrogen-bond donors (Lipinski definition) is 1. The van der Waals surface area contributed by atoms with Crippen LogP contribution >= 0.6 is 0 Å². The minimum atomic E-state index is 0.137. The van der Waals surface area contributed by atoms with Crippen LogP contribution in [0.15, 0.2) is 18.3 Å². The fourth-order valence-electron chi connectivity index (χ4n) is 2.20. The molecule has 2 N–H and O–H groups in total. The van der Waals surface area contributed by atoms with Gasteiger partial charge >= 0.3 is 0 Å². The summed E-state index contributed by atoms with van der Waals surface area (Å²) in [5, 5.41) is 0. The van der Waals surface area contributed by atoms with E-state index in [9.17, 15) is 4.79 Å². The number of rotatable bonds is 2. The SMILES string of the molecule is Cc1cccnc1CC(=O)N1CCCC(N)C1. The van der Waals surface area contributed by atoms with Gasteiger partial charge in [0.2, 0.25) is 5.91 Å². The summed E-state index contributed by atoms with van der Waals surface area (Å²) in [4.78, 5) is 18.2. The van der Waals surface area contributed by atoms with Gasteiger partial charge in [-0.15, -0.1) is 0 Å². The summed E-state index contributed by atoms with van der Waals surface area (Å²) in [6.45, 7) is 3.50. The Labute approximate surface area is 102 Å². The molecule has 1 aliphatic heterocycles. The molecule has 1 aromatic rings. The molecular formula is C13H19N3O. The zero-order valence-corrected chi connectivity index (χ0v) is 10.2. The van der Waals surface area contributed by atoms with E-state index in [0.717, 1.165) is 30.6 Å². The Morgan fingerprint density at radius 2 is 2.47 bits per heavy atom. The maximum absolute atomic E-state index is 12.1. The molecule has 1 fully saturated rings. The zero-order valence-electron chi connectivity index (χ0n) is 10.2. The predicted molar refractivity (Wildman–Crippen MR) is 66.5 cm³/mol. The zero-order chi connectivity index (χ0) is 12.3. The van der Waals surface area contributed by atoms with Crippen LogP contribution in [0.4, 0.5) is 0 Å². The molecule has 1 atom stereocenters. The molecule has 17 heavy (non-hydrogen) atoms. The number of carbonyl (C=O) groups excluding carboxylic acids is 1. The van der Waals surface area contributed by atoms with Crippen molar-refractivity contribution >= 4 is 5.91 Å².